The first-order valence-electron chi connectivity index (χ1n) is 5.98. The van der Waals surface area contributed by atoms with Gasteiger partial charge in [0.2, 0.25) is 0 Å². The van der Waals surface area contributed by atoms with E-state index >= 15 is 0 Å². The molecule has 3 nitrogen and oxygen atoms in total. The van der Waals surface area contributed by atoms with Crippen LogP contribution in [0.1, 0.15) is 29.9 Å². The number of carbonyl (C=O) groups excluding carboxylic acids is 1. The predicted molar refractivity (Wildman–Crippen MR) is 76.2 cm³/mol. The number of hydrogen-bond acceptors (Lipinski definition) is 2. The van der Waals surface area contributed by atoms with Crippen LogP contribution in [-0.2, 0) is 5.54 Å². The van der Waals surface area contributed by atoms with E-state index in [-0.39, 0.29) is 5.91 Å². The molecule has 0 saturated heterocycles. The van der Waals surface area contributed by atoms with Crippen molar-refractivity contribution in [3.63, 3.8) is 0 Å². The van der Waals surface area contributed by atoms with Gasteiger partial charge in [0, 0.05) is 11.2 Å². The summed E-state index contributed by atoms with van der Waals surface area (Å²) >= 11 is 5.87. The van der Waals surface area contributed by atoms with Crippen molar-refractivity contribution in [3.8, 4) is 0 Å². The molecular weight excluding hydrogens is 260 g/mol. The molecule has 0 spiro atoms. The monoisotopic (exact) mass is 274 g/mol. The SMILES string of the molecule is CC(C)(NC(=O)c1ccccn1)c1ccc(Cl)cc1. The van der Waals surface area contributed by atoms with Gasteiger partial charge < -0.3 is 5.32 Å². The molecule has 0 fully saturated rings. The lowest BCUT2D eigenvalue weighted by Crippen LogP contribution is -2.41. The molecule has 0 bridgehead atoms. The highest BCUT2D eigenvalue weighted by Crippen LogP contribution is 2.22. The minimum atomic E-state index is -0.487. The van der Waals surface area contributed by atoms with E-state index in [1.54, 1.807) is 24.4 Å². The first kappa shape index (κ1) is 13.6. The number of pyridine rings is 1. The molecule has 4 heteroatoms. The van der Waals surface area contributed by atoms with Crippen molar-refractivity contribution in [1.29, 1.82) is 0 Å². The fourth-order valence-corrected chi connectivity index (χ4v) is 1.91. The number of nitrogens with zero attached hydrogens (tertiary/aromatic N) is 1. The lowest BCUT2D eigenvalue weighted by Gasteiger charge is -2.26. The van der Waals surface area contributed by atoms with Crippen molar-refractivity contribution in [3.05, 3.63) is 64.9 Å². The second kappa shape index (κ2) is 5.41. The standard InChI is InChI=1S/C15H15ClN2O/c1-15(2,11-6-8-12(16)9-7-11)18-14(19)13-5-3-4-10-17-13/h3-10H,1-2H3,(H,18,19). The van der Waals surface area contributed by atoms with Gasteiger partial charge in [-0.3, -0.25) is 9.78 Å². The molecule has 0 saturated carbocycles. The molecule has 1 heterocycles. The van der Waals surface area contributed by atoms with Gasteiger partial charge >= 0.3 is 0 Å². The van der Waals surface area contributed by atoms with E-state index in [1.807, 2.05) is 38.1 Å². The number of carbonyl (C=O) groups is 1. The molecular formula is C15H15ClN2O. The maximum absolute atomic E-state index is 12.1. The highest BCUT2D eigenvalue weighted by molar-refractivity contribution is 6.30. The van der Waals surface area contributed by atoms with E-state index in [0.717, 1.165) is 5.56 Å². The van der Waals surface area contributed by atoms with Crippen molar-refractivity contribution in [2.24, 2.45) is 0 Å². The third-order valence-corrected chi connectivity index (χ3v) is 3.14. The molecule has 98 valence electrons. The molecule has 0 atom stereocenters. The van der Waals surface area contributed by atoms with E-state index in [4.69, 9.17) is 11.6 Å². The van der Waals surface area contributed by atoms with Crippen LogP contribution in [0.2, 0.25) is 5.02 Å². The average molecular weight is 275 g/mol. The van der Waals surface area contributed by atoms with Crippen LogP contribution in [0, 0.1) is 0 Å². The second-order valence-electron chi connectivity index (χ2n) is 4.80. The Kier molecular flexibility index (Phi) is 3.86. The molecule has 0 unspecified atom stereocenters. The van der Waals surface area contributed by atoms with Crippen molar-refractivity contribution in [2.75, 3.05) is 0 Å². The van der Waals surface area contributed by atoms with E-state index in [9.17, 15) is 4.79 Å². The van der Waals surface area contributed by atoms with E-state index < -0.39 is 5.54 Å². The van der Waals surface area contributed by atoms with Crippen molar-refractivity contribution >= 4 is 17.5 Å². The summed E-state index contributed by atoms with van der Waals surface area (Å²) in [6.45, 7) is 3.88. The fraction of sp³-hybridized carbons (Fsp3) is 0.200. The maximum atomic E-state index is 12.1. The summed E-state index contributed by atoms with van der Waals surface area (Å²) in [7, 11) is 0. The van der Waals surface area contributed by atoms with Gasteiger partial charge in [-0.25, -0.2) is 0 Å². The fourth-order valence-electron chi connectivity index (χ4n) is 1.78. The summed E-state index contributed by atoms with van der Waals surface area (Å²) < 4.78 is 0. The van der Waals surface area contributed by atoms with Crippen LogP contribution in [0.15, 0.2) is 48.7 Å². The number of halogens is 1. The van der Waals surface area contributed by atoms with Crippen LogP contribution in [0.4, 0.5) is 0 Å². The van der Waals surface area contributed by atoms with Gasteiger partial charge in [-0.2, -0.15) is 0 Å². The molecule has 0 radical (unpaired) electrons. The Morgan fingerprint density at radius 2 is 1.84 bits per heavy atom. The van der Waals surface area contributed by atoms with Gasteiger partial charge in [0.05, 0.1) is 5.54 Å². The summed E-state index contributed by atoms with van der Waals surface area (Å²) in [5.74, 6) is -0.194. The van der Waals surface area contributed by atoms with Crippen molar-refractivity contribution in [1.82, 2.24) is 10.3 Å². The van der Waals surface area contributed by atoms with Crippen LogP contribution >= 0.6 is 11.6 Å². The Balaban J connectivity index is 2.17. The van der Waals surface area contributed by atoms with Crippen LogP contribution < -0.4 is 5.32 Å². The van der Waals surface area contributed by atoms with Gasteiger partial charge in [0.25, 0.3) is 5.91 Å². The lowest BCUT2D eigenvalue weighted by atomic mass is 9.94. The van der Waals surface area contributed by atoms with Gasteiger partial charge in [-0.15, -0.1) is 0 Å². The van der Waals surface area contributed by atoms with Gasteiger partial charge in [0.1, 0.15) is 5.69 Å². The van der Waals surface area contributed by atoms with E-state index in [1.165, 1.54) is 0 Å². The van der Waals surface area contributed by atoms with Crippen molar-refractivity contribution < 1.29 is 4.79 Å². The molecule has 0 aliphatic rings. The zero-order valence-electron chi connectivity index (χ0n) is 10.9. The summed E-state index contributed by atoms with van der Waals surface area (Å²) in [6.07, 6.45) is 1.60. The number of aromatic nitrogens is 1. The third-order valence-electron chi connectivity index (χ3n) is 2.89. The Labute approximate surface area is 117 Å². The Morgan fingerprint density at radius 3 is 2.42 bits per heavy atom. The minimum Gasteiger partial charge on any atom is -0.342 e. The summed E-state index contributed by atoms with van der Waals surface area (Å²) in [5.41, 5.74) is 0.907. The first-order valence-corrected chi connectivity index (χ1v) is 6.36. The van der Waals surface area contributed by atoms with Gasteiger partial charge in [-0.05, 0) is 43.7 Å². The number of hydrogen-bond donors (Lipinski definition) is 1. The molecule has 1 aromatic heterocycles. The molecule has 0 aliphatic heterocycles. The number of amides is 1. The molecule has 19 heavy (non-hydrogen) atoms. The zero-order chi connectivity index (χ0) is 13.9. The third kappa shape index (κ3) is 3.32. The Bertz CT molecular complexity index is 564. The highest BCUT2D eigenvalue weighted by Gasteiger charge is 2.23. The molecule has 1 aromatic carbocycles. The summed E-state index contributed by atoms with van der Waals surface area (Å²) in [5, 5.41) is 3.64. The quantitative estimate of drug-likeness (QED) is 0.932. The molecule has 0 aliphatic carbocycles. The molecule has 1 N–H and O–H groups in total. The van der Waals surface area contributed by atoms with Crippen LogP contribution in [0.3, 0.4) is 0 Å². The van der Waals surface area contributed by atoms with Gasteiger partial charge in [-0.1, -0.05) is 29.8 Å². The summed E-state index contributed by atoms with van der Waals surface area (Å²) in [4.78, 5) is 16.1. The van der Waals surface area contributed by atoms with E-state index in [2.05, 4.69) is 10.3 Å². The van der Waals surface area contributed by atoms with Crippen LogP contribution in [0.25, 0.3) is 0 Å². The van der Waals surface area contributed by atoms with Crippen LogP contribution in [-0.4, -0.2) is 10.9 Å². The predicted octanol–water partition coefficient (Wildman–Crippen LogP) is 3.40. The largest absolute Gasteiger partial charge is 0.342 e. The molecule has 2 aromatic rings. The Hall–Kier alpha value is -1.87. The molecule has 2 rings (SSSR count). The highest BCUT2D eigenvalue weighted by atomic mass is 35.5. The number of rotatable bonds is 3. The minimum absolute atomic E-state index is 0.194. The smallest absolute Gasteiger partial charge is 0.270 e. The van der Waals surface area contributed by atoms with E-state index in [0.29, 0.717) is 10.7 Å². The number of nitrogens with one attached hydrogen (secondary N) is 1. The maximum Gasteiger partial charge on any atom is 0.270 e. The van der Waals surface area contributed by atoms with Crippen LogP contribution in [0.5, 0.6) is 0 Å². The van der Waals surface area contributed by atoms with Gasteiger partial charge in [0.15, 0.2) is 0 Å². The average Bonchev–Trinajstić information content (AvgIpc) is 2.40. The number of benzene rings is 1. The first-order chi connectivity index (χ1) is 8.99. The lowest BCUT2D eigenvalue weighted by molar-refractivity contribution is 0.0907. The van der Waals surface area contributed by atoms with Crippen molar-refractivity contribution in [2.45, 2.75) is 19.4 Å². The summed E-state index contributed by atoms with van der Waals surface area (Å²) in [6, 6.07) is 12.7. The second-order valence-corrected chi connectivity index (χ2v) is 5.24. The Morgan fingerprint density at radius 1 is 1.16 bits per heavy atom. The zero-order valence-corrected chi connectivity index (χ0v) is 11.6. The molecule has 1 amide bonds. The normalized spacial score (nSPS) is 11.1. The topological polar surface area (TPSA) is 42.0 Å².